The Hall–Kier alpha value is -3.38. The molecule has 2 unspecified atom stereocenters. The Kier molecular flexibility index (Phi) is 7.62. The van der Waals surface area contributed by atoms with Crippen LogP contribution in [0.1, 0.15) is 52.5 Å². The topological polar surface area (TPSA) is 78.4 Å². The van der Waals surface area contributed by atoms with E-state index in [0.717, 1.165) is 16.8 Å². The van der Waals surface area contributed by atoms with E-state index < -0.39 is 17.9 Å². The molecule has 0 aliphatic carbocycles. The van der Waals surface area contributed by atoms with Crippen molar-refractivity contribution >= 4 is 29.2 Å². The molecule has 0 fully saturated rings. The summed E-state index contributed by atoms with van der Waals surface area (Å²) in [5, 5.41) is 15.6. The normalized spacial score (nSPS) is 12.7. The fourth-order valence-electron chi connectivity index (χ4n) is 3.91. The van der Waals surface area contributed by atoms with Gasteiger partial charge < -0.3 is 15.7 Å². The first-order valence-electron chi connectivity index (χ1n) is 10.9. The van der Waals surface area contributed by atoms with Gasteiger partial charge in [0.1, 0.15) is 11.9 Å². The first-order valence-corrected chi connectivity index (χ1v) is 11.3. The van der Waals surface area contributed by atoms with Gasteiger partial charge in [0, 0.05) is 27.9 Å². The first kappa shape index (κ1) is 25.2. The number of carbonyl (C=O) groups excluding carboxylic acids is 1. The lowest BCUT2D eigenvalue weighted by Gasteiger charge is -2.18. The SMILES string of the molecule is Cc1cc(C(C)Nc2ccc(F)c(-c3cc(C)c(C(=O)NC(C)C(=O)O)c(C)c3)c2)ccc1Cl. The van der Waals surface area contributed by atoms with Crippen LogP contribution in [0.4, 0.5) is 10.1 Å². The second kappa shape index (κ2) is 10.3. The fraction of sp³-hybridized carbons (Fsp3) is 0.259. The highest BCUT2D eigenvalue weighted by atomic mass is 35.5. The van der Waals surface area contributed by atoms with Crippen LogP contribution in [0, 0.1) is 26.6 Å². The number of nitrogens with one attached hydrogen (secondary N) is 2. The number of carbonyl (C=O) groups is 2. The molecule has 3 N–H and O–H groups in total. The molecule has 0 aliphatic rings. The second-order valence-corrected chi connectivity index (χ2v) is 8.99. The summed E-state index contributed by atoms with van der Waals surface area (Å²) in [4.78, 5) is 23.7. The molecule has 3 aromatic rings. The molecule has 3 rings (SSSR count). The van der Waals surface area contributed by atoms with Crippen molar-refractivity contribution in [1.82, 2.24) is 5.32 Å². The molecule has 0 saturated carbocycles. The predicted molar refractivity (Wildman–Crippen MR) is 134 cm³/mol. The molecule has 1 amide bonds. The maximum absolute atomic E-state index is 14.8. The van der Waals surface area contributed by atoms with E-state index in [1.807, 2.05) is 32.0 Å². The third-order valence-electron chi connectivity index (χ3n) is 5.82. The van der Waals surface area contributed by atoms with E-state index in [9.17, 15) is 14.0 Å². The molecular weight excluding hydrogens is 455 g/mol. The number of carboxylic acid groups (broad SMARTS) is 1. The second-order valence-electron chi connectivity index (χ2n) is 8.59. The van der Waals surface area contributed by atoms with Crippen LogP contribution < -0.4 is 10.6 Å². The van der Waals surface area contributed by atoms with Crippen molar-refractivity contribution in [3.63, 3.8) is 0 Å². The van der Waals surface area contributed by atoms with E-state index in [2.05, 4.69) is 10.6 Å². The van der Waals surface area contributed by atoms with Gasteiger partial charge in [-0.3, -0.25) is 9.59 Å². The van der Waals surface area contributed by atoms with Gasteiger partial charge in [0.25, 0.3) is 5.91 Å². The van der Waals surface area contributed by atoms with Crippen molar-refractivity contribution in [1.29, 1.82) is 0 Å². The fourth-order valence-corrected chi connectivity index (χ4v) is 4.03. The number of rotatable bonds is 7. The van der Waals surface area contributed by atoms with E-state index in [4.69, 9.17) is 16.7 Å². The molecule has 0 bridgehead atoms. The quantitative estimate of drug-likeness (QED) is 0.361. The molecule has 3 aromatic carbocycles. The van der Waals surface area contributed by atoms with Gasteiger partial charge in [-0.1, -0.05) is 35.9 Å². The lowest BCUT2D eigenvalue weighted by molar-refractivity contribution is -0.138. The van der Waals surface area contributed by atoms with Crippen LogP contribution in [0.25, 0.3) is 11.1 Å². The summed E-state index contributed by atoms with van der Waals surface area (Å²) in [6.45, 7) is 8.88. The number of anilines is 1. The molecular formula is C27H28ClFN2O3. The number of carboxylic acids is 1. The predicted octanol–water partition coefficient (Wildman–Crippen LogP) is 6.45. The van der Waals surface area contributed by atoms with Gasteiger partial charge in [0.15, 0.2) is 0 Å². The van der Waals surface area contributed by atoms with Crippen LogP contribution in [0.15, 0.2) is 48.5 Å². The molecule has 2 atom stereocenters. The molecule has 0 spiro atoms. The Morgan fingerprint density at radius 3 is 2.18 bits per heavy atom. The van der Waals surface area contributed by atoms with Gasteiger partial charge in [-0.15, -0.1) is 0 Å². The summed E-state index contributed by atoms with van der Waals surface area (Å²) >= 11 is 6.13. The zero-order valence-electron chi connectivity index (χ0n) is 19.8. The number of halogens is 2. The zero-order chi connectivity index (χ0) is 25.2. The van der Waals surface area contributed by atoms with E-state index >= 15 is 0 Å². The van der Waals surface area contributed by atoms with Crippen LogP contribution in [0.2, 0.25) is 5.02 Å². The van der Waals surface area contributed by atoms with Crippen LogP contribution in [-0.2, 0) is 4.79 Å². The highest BCUT2D eigenvalue weighted by Gasteiger charge is 2.20. The molecule has 0 aromatic heterocycles. The minimum absolute atomic E-state index is 0.0277. The van der Waals surface area contributed by atoms with Crippen molar-refractivity contribution in [2.24, 2.45) is 0 Å². The Labute approximate surface area is 204 Å². The van der Waals surface area contributed by atoms with Gasteiger partial charge in [0.05, 0.1) is 0 Å². The number of benzene rings is 3. The monoisotopic (exact) mass is 482 g/mol. The minimum Gasteiger partial charge on any atom is -0.480 e. The smallest absolute Gasteiger partial charge is 0.325 e. The summed E-state index contributed by atoms with van der Waals surface area (Å²) in [6.07, 6.45) is 0. The minimum atomic E-state index is -1.12. The number of amides is 1. The summed E-state index contributed by atoms with van der Waals surface area (Å²) in [6, 6.07) is 13.1. The number of aliphatic carboxylic acids is 1. The highest BCUT2D eigenvalue weighted by molar-refractivity contribution is 6.31. The Balaban J connectivity index is 1.90. The number of hydrogen-bond donors (Lipinski definition) is 3. The van der Waals surface area contributed by atoms with E-state index in [1.54, 1.807) is 38.1 Å². The van der Waals surface area contributed by atoms with Gasteiger partial charge >= 0.3 is 5.97 Å². The number of hydrogen-bond acceptors (Lipinski definition) is 3. The van der Waals surface area contributed by atoms with Gasteiger partial charge in [0.2, 0.25) is 0 Å². The summed E-state index contributed by atoms with van der Waals surface area (Å²) in [7, 11) is 0. The van der Waals surface area contributed by atoms with Crippen LogP contribution >= 0.6 is 11.6 Å². The molecule has 0 heterocycles. The van der Waals surface area contributed by atoms with Crippen molar-refractivity contribution in [2.75, 3.05) is 5.32 Å². The molecule has 178 valence electrons. The Bertz CT molecular complexity index is 1240. The van der Waals surface area contributed by atoms with E-state index in [0.29, 0.717) is 32.8 Å². The Morgan fingerprint density at radius 2 is 1.59 bits per heavy atom. The average molecular weight is 483 g/mol. The van der Waals surface area contributed by atoms with Crippen LogP contribution in [-0.4, -0.2) is 23.0 Å². The van der Waals surface area contributed by atoms with E-state index in [-0.39, 0.29) is 11.9 Å². The van der Waals surface area contributed by atoms with Crippen molar-refractivity contribution < 1.29 is 19.1 Å². The average Bonchev–Trinajstić information content (AvgIpc) is 2.76. The lowest BCUT2D eigenvalue weighted by Crippen LogP contribution is -2.38. The molecule has 0 radical (unpaired) electrons. The van der Waals surface area contributed by atoms with Gasteiger partial charge in [-0.05, 0) is 86.7 Å². The largest absolute Gasteiger partial charge is 0.480 e. The maximum atomic E-state index is 14.8. The third kappa shape index (κ3) is 5.57. The van der Waals surface area contributed by atoms with Gasteiger partial charge in [-0.25, -0.2) is 4.39 Å². The Morgan fingerprint density at radius 1 is 0.941 bits per heavy atom. The van der Waals surface area contributed by atoms with Crippen molar-refractivity contribution in [3.8, 4) is 11.1 Å². The lowest BCUT2D eigenvalue weighted by atomic mass is 9.94. The van der Waals surface area contributed by atoms with E-state index in [1.165, 1.54) is 13.0 Å². The zero-order valence-corrected chi connectivity index (χ0v) is 20.5. The summed E-state index contributed by atoms with van der Waals surface area (Å²) in [5.74, 6) is -1.97. The van der Waals surface area contributed by atoms with Crippen LogP contribution in [0.3, 0.4) is 0 Å². The van der Waals surface area contributed by atoms with Gasteiger partial charge in [-0.2, -0.15) is 0 Å². The van der Waals surface area contributed by atoms with Crippen molar-refractivity contribution in [3.05, 3.63) is 87.2 Å². The third-order valence-corrected chi connectivity index (χ3v) is 6.24. The molecule has 0 saturated heterocycles. The van der Waals surface area contributed by atoms with Crippen LogP contribution in [0.5, 0.6) is 0 Å². The molecule has 0 aliphatic heterocycles. The molecule has 7 heteroatoms. The molecule has 5 nitrogen and oxygen atoms in total. The summed E-state index contributed by atoms with van der Waals surface area (Å²) < 4.78 is 14.8. The summed E-state index contributed by atoms with van der Waals surface area (Å²) in [5.41, 5.74) is 5.49. The standard InChI is InChI=1S/C27H28ClFN2O3/c1-14-10-19(6-8-23(14)28)17(4)30-21-7-9-24(29)22(13-21)20-11-15(2)25(16(3)12-20)26(32)31-18(5)27(33)34/h6-13,17-18,30H,1-5H3,(H,31,32)(H,33,34). The van der Waals surface area contributed by atoms with Crippen molar-refractivity contribution in [2.45, 2.75) is 46.7 Å². The maximum Gasteiger partial charge on any atom is 0.325 e. The number of aryl methyl sites for hydroxylation is 3. The molecule has 34 heavy (non-hydrogen) atoms. The first-order chi connectivity index (χ1) is 16.0. The highest BCUT2D eigenvalue weighted by Crippen LogP contribution is 2.31.